The average Bonchev–Trinajstić information content (AvgIpc) is 2.43. The SMILES string of the molecule is CNC(=O)CNS(=O)(=O)c1ccccc1C(=O)OC. The summed E-state index contributed by atoms with van der Waals surface area (Å²) in [5, 5.41) is 2.28. The van der Waals surface area contributed by atoms with Gasteiger partial charge < -0.3 is 10.1 Å². The van der Waals surface area contributed by atoms with Gasteiger partial charge in [0.05, 0.1) is 24.1 Å². The van der Waals surface area contributed by atoms with Crippen LogP contribution in [0.5, 0.6) is 0 Å². The van der Waals surface area contributed by atoms with E-state index in [0.29, 0.717) is 0 Å². The number of likely N-dealkylation sites (N-methyl/N-ethyl adjacent to an activating group) is 1. The van der Waals surface area contributed by atoms with Gasteiger partial charge in [-0.3, -0.25) is 4.79 Å². The van der Waals surface area contributed by atoms with Crippen LogP contribution in [0.3, 0.4) is 0 Å². The van der Waals surface area contributed by atoms with Crippen molar-refractivity contribution in [3.05, 3.63) is 29.8 Å². The van der Waals surface area contributed by atoms with Crippen LogP contribution in [-0.2, 0) is 19.6 Å². The molecule has 0 heterocycles. The number of esters is 1. The molecule has 0 aliphatic rings. The number of amides is 1. The van der Waals surface area contributed by atoms with Gasteiger partial charge in [0.2, 0.25) is 15.9 Å². The first-order valence-electron chi connectivity index (χ1n) is 5.30. The van der Waals surface area contributed by atoms with Crippen LogP contribution in [0.2, 0.25) is 0 Å². The van der Waals surface area contributed by atoms with Gasteiger partial charge in [-0.05, 0) is 12.1 Å². The highest BCUT2D eigenvalue weighted by atomic mass is 32.2. The number of hydrogen-bond donors (Lipinski definition) is 2. The van der Waals surface area contributed by atoms with Crippen LogP contribution in [0.4, 0.5) is 0 Å². The number of benzene rings is 1. The van der Waals surface area contributed by atoms with Gasteiger partial charge in [-0.2, -0.15) is 0 Å². The van der Waals surface area contributed by atoms with Crippen LogP contribution >= 0.6 is 0 Å². The van der Waals surface area contributed by atoms with Crippen LogP contribution in [0.15, 0.2) is 29.2 Å². The molecule has 1 amide bonds. The molecule has 8 heteroatoms. The largest absolute Gasteiger partial charge is 0.465 e. The Morgan fingerprint density at radius 2 is 1.89 bits per heavy atom. The number of carbonyl (C=O) groups is 2. The fourth-order valence-corrected chi connectivity index (χ4v) is 2.48. The molecule has 104 valence electrons. The van der Waals surface area contributed by atoms with E-state index >= 15 is 0 Å². The molecule has 0 bridgehead atoms. The van der Waals surface area contributed by atoms with Crippen molar-refractivity contribution in [3.63, 3.8) is 0 Å². The molecule has 7 nitrogen and oxygen atoms in total. The van der Waals surface area contributed by atoms with E-state index in [2.05, 4.69) is 14.8 Å². The maximum Gasteiger partial charge on any atom is 0.339 e. The van der Waals surface area contributed by atoms with E-state index in [1.807, 2.05) is 0 Å². The molecular formula is C11H14N2O5S. The van der Waals surface area contributed by atoms with Gasteiger partial charge in [-0.25, -0.2) is 17.9 Å². The van der Waals surface area contributed by atoms with Crippen molar-refractivity contribution in [2.45, 2.75) is 4.90 Å². The lowest BCUT2D eigenvalue weighted by Crippen LogP contribution is -2.35. The molecule has 1 aromatic carbocycles. The molecule has 0 spiro atoms. The molecule has 19 heavy (non-hydrogen) atoms. The van der Waals surface area contributed by atoms with E-state index in [4.69, 9.17) is 0 Å². The normalized spacial score (nSPS) is 10.8. The number of nitrogens with one attached hydrogen (secondary N) is 2. The third kappa shape index (κ3) is 3.76. The smallest absolute Gasteiger partial charge is 0.339 e. The molecule has 0 fully saturated rings. The minimum atomic E-state index is -3.96. The lowest BCUT2D eigenvalue weighted by atomic mass is 10.2. The van der Waals surface area contributed by atoms with E-state index < -0.39 is 28.4 Å². The summed E-state index contributed by atoms with van der Waals surface area (Å²) >= 11 is 0. The van der Waals surface area contributed by atoms with E-state index in [9.17, 15) is 18.0 Å². The summed E-state index contributed by atoms with van der Waals surface area (Å²) in [6.07, 6.45) is 0. The predicted molar refractivity (Wildman–Crippen MR) is 67.0 cm³/mol. The summed E-state index contributed by atoms with van der Waals surface area (Å²) in [7, 11) is -1.42. The van der Waals surface area contributed by atoms with Crippen molar-refractivity contribution in [2.75, 3.05) is 20.7 Å². The number of carbonyl (C=O) groups excluding carboxylic acids is 2. The van der Waals surface area contributed by atoms with Crippen molar-refractivity contribution >= 4 is 21.9 Å². The number of hydrogen-bond acceptors (Lipinski definition) is 5. The highest BCUT2D eigenvalue weighted by Crippen LogP contribution is 2.15. The summed E-state index contributed by atoms with van der Waals surface area (Å²) in [5.74, 6) is -1.25. The van der Waals surface area contributed by atoms with Crippen molar-refractivity contribution in [3.8, 4) is 0 Å². The summed E-state index contributed by atoms with van der Waals surface area (Å²) < 4.78 is 30.6. The van der Waals surface area contributed by atoms with Crippen molar-refractivity contribution in [1.29, 1.82) is 0 Å². The molecule has 0 saturated carbocycles. The summed E-state index contributed by atoms with van der Waals surface area (Å²) in [6, 6.07) is 5.59. The highest BCUT2D eigenvalue weighted by molar-refractivity contribution is 7.89. The van der Waals surface area contributed by atoms with Gasteiger partial charge in [0.15, 0.2) is 0 Å². The van der Waals surface area contributed by atoms with E-state index in [0.717, 1.165) is 7.11 Å². The van der Waals surface area contributed by atoms with Gasteiger partial charge in [0.25, 0.3) is 0 Å². The lowest BCUT2D eigenvalue weighted by Gasteiger charge is -2.09. The lowest BCUT2D eigenvalue weighted by molar-refractivity contribution is -0.119. The zero-order chi connectivity index (χ0) is 14.5. The standard InChI is InChI=1S/C11H14N2O5S/c1-12-10(14)7-13-19(16,17)9-6-4-3-5-8(9)11(15)18-2/h3-6,13H,7H2,1-2H3,(H,12,14). The second kappa shape index (κ2) is 6.30. The van der Waals surface area contributed by atoms with Crippen LogP contribution in [0.25, 0.3) is 0 Å². The first-order chi connectivity index (χ1) is 8.92. The Morgan fingerprint density at radius 1 is 1.26 bits per heavy atom. The Balaban J connectivity index is 3.08. The Kier molecular flexibility index (Phi) is 5.02. The summed E-state index contributed by atoms with van der Waals surface area (Å²) in [6.45, 7) is -0.408. The molecule has 0 aliphatic heterocycles. The second-order valence-electron chi connectivity index (χ2n) is 3.49. The van der Waals surface area contributed by atoms with Gasteiger partial charge in [0, 0.05) is 7.05 Å². The fraction of sp³-hybridized carbons (Fsp3) is 0.273. The Labute approximate surface area is 111 Å². The first kappa shape index (κ1) is 15.1. The molecule has 0 saturated heterocycles. The Hall–Kier alpha value is -1.93. The topological polar surface area (TPSA) is 102 Å². The average molecular weight is 286 g/mol. The van der Waals surface area contributed by atoms with E-state index in [1.54, 1.807) is 0 Å². The van der Waals surface area contributed by atoms with Crippen LogP contribution < -0.4 is 10.0 Å². The molecule has 1 aromatic rings. The van der Waals surface area contributed by atoms with Gasteiger partial charge >= 0.3 is 5.97 Å². The predicted octanol–water partition coefficient (Wildman–Crippen LogP) is -0.502. The first-order valence-corrected chi connectivity index (χ1v) is 6.78. The third-order valence-corrected chi connectivity index (χ3v) is 3.74. The zero-order valence-electron chi connectivity index (χ0n) is 10.5. The van der Waals surface area contributed by atoms with Crippen molar-refractivity contribution in [1.82, 2.24) is 10.0 Å². The number of ether oxygens (including phenoxy) is 1. The molecule has 1 rings (SSSR count). The van der Waals surface area contributed by atoms with Crippen molar-refractivity contribution in [2.24, 2.45) is 0 Å². The summed E-state index contributed by atoms with van der Waals surface area (Å²) in [5.41, 5.74) is -0.0885. The molecule has 0 atom stereocenters. The Morgan fingerprint density at radius 3 is 2.47 bits per heavy atom. The van der Waals surface area contributed by atoms with E-state index in [1.165, 1.54) is 31.3 Å². The molecule has 0 aromatic heterocycles. The van der Waals surface area contributed by atoms with E-state index in [-0.39, 0.29) is 10.5 Å². The van der Waals surface area contributed by atoms with Crippen LogP contribution in [-0.4, -0.2) is 41.0 Å². The van der Waals surface area contributed by atoms with Gasteiger partial charge in [-0.1, -0.05) is 12.1 Å². The van der Waals surface area contributed by atoms with Crippen LogP contribution in [0.1, 0.15) is 10.4 Å². The third-order valence-electron chi connectivity index (χ3n) is 2.28. The highest BCUT2D eigenvalue weighted by Gasteiger charge is 2.22. The molecule has 0 unspecified atom stereocenters. The maximum atomic E-state index is 12.0. The fourth-order valence-electron chi connectivity index (χ4n) is 1.31. The molecule has 0 aliphatic carbocycles. The second-order valence-corrected chi connectivity index (χ2v) is 5.22. The van der Waals surface area contributed by atoms with Crippen LogP contribution in [0, 0.1) is 0 Å². The number of methoxy groups -OCH3 is 1. The minimum absolute atomic E-state index is 0.0885. The summed E-state index contributed by atoms with van der Waals surface area (Å²) in [4.78, 5) is 22.3. The zero-order valence-corrected chi connectivity index (χ0v) is 11.3. The minimum Gasteiger partial charge on any atom is -0.465 e. The van der Waals surface area contributed by atoms with Crippen molar-refractivity contribution < 1.29 is 22.7 Å². The molecule has 2 N–H and O–H groups in total. The van der Waals surface area contributed by atoms with Gasteiger partial charge in [0.1, 0.15) is 0 Å². The monoisotopic (exact) mass is 286 g/mol. The maximum absolute atomic E-state index is 12.0. The quantitative estimate of drug-likeness (QED) is 0.710. The Bertz CT molecular complexity index is 583. The molecule has 0 radical (unpaired) electrons. The van der Waals surface area contributed by atoms with Gasteiger partial charge in [-0.15, -0.1) is 0 Å². The molecular weight excluding hydrogens is 272 g/mol. The number of sulfonamides is 1. The number of rotatable bonds is 5.